The number of hydrogen-bond acceptors (Lipinski definition) is 6. The van der Waals surface area contributed by atoms with Crippen LogP contribution in [0, 0.1) is 6.92 Å². The summed E-state index contributed by atoms with van der Waals surface area (Å²) in [5, 5.41) is 19.3. The molecule has 0 aliphatic carbocycles. The van der Waals surface area contributed by atoms with Crippen molar-refractivity contribution in [3.8, 4) is 5.75 Å². The minimum Gasteiger partial charge on any atom is -0.491 e. The Kier molecular flexibility index (Phi) is 6.34. The average Bonchev–Trinajstić information content (AvgIpc) is 2.99. The molecule has 1 atom stereocenters. The molecule has 130 valence electrons. The molecule has 2 aromatic rings. The van der Waals surface area contributed by atoms with Crippen LogP contribution in [0.3, 0.4) is 0 Å². The second-order valence-corrected chi connectivity index (χ2v) is 5.84. The van der Waals surface area contributed by atoms with Crippen molar-refractivity contribution >= 4 is 11.6 Å². The Bertz CT molecular complexity index is 652. The quantitative estimate of drug-likeness (QED) is 0.683. The Labute approximate surface area is 141 Å². The highest BCUT2D eigenvalue weighted by Gasteiger charge is 2.12. The van der Waals surface area contributed by atoms with Crippen LogP contribution in [0.5, 0.6) is 5.75 Å². The van der Waals surface area contributed by atoms with Crippen molar-refractivity contribution in [2.24, 2.45) is 0 Å². The van der Waals surface area contributed by atoms with Crippen molar-refractivity contribution in [1.82, 2.24) is 10.5 Å². The van der Waals surface area contributed by atoms with Gasteiger partial charge in [0.1, 0.15) is 18.5 Å². The normalized spacial score (nSPS) is 12.2. The Morgan fingerprint density at radius 2 is 2.04 bits per heavy atom. The van der Waals surface area contributed by atoms with Gasteiger partial charge in [-0.15, -0.1) is 0 Å². The predicted octanol–water partition coefficient (Wildman–Crippen LogP) is 1.97. The molecule has 1 amide bonds. The summed E-state index contributed by atoms with van der Waals surface area (Å²) >= 11 is 0. The maximum Gasteiger partial charge on any atom is 0.294 e. The molecule has 0 aliphatic heterocycles. The number of anilines is 1. The summed E-state index contributed by atoms with van der Waals surface area (Å²) in [7, 11) is 0. The molecule has 1 aromatic carbocycles. The van der Waals surface area contributed by atoms with Crippen LogP contribution in [0.4, 0.5) is 5.69 Å². The number of rotatable bonds is 8. The van der Waals surface area contributed by atoms with Crippen molar-refractivity contribution in [3.63, 3.8) is 0 Å². The number of carbonyl (C=O) groups is 1. The molecule has 7 nitrogen and oxygen atoms in total. The number of ether oxygens (including phenoxy) is 1. The van der Waals surface area contributed by atoms with Gasteiger partial charge in [-0.3, -0.25) is 4.79 Å². The van der Waals surface area contributed by atoms with Crippen LogP contribution in [0.25, 0.3) is 0 Å². The third-order valence-corrected chi connectivity index (χ3v) is 3.17. The minimum absolute atomic E-state index is 0.161. The monoisotopic (exact) mass is 333 g/mol. The standard InChI is InChI=1S/C17H23N3O4/c1-11(2)18-9-14(21)10-23-15-6-4-13(5-7-15)19-17(22)16-8-12(3)20-24-16/h4-8,11,14,18,21H,9-10H2,1-3H3,(H,19,22). The molecular weight excluding hydrogens is 310 g/mol. The van der Waals surface area contributed by atoms with Crippen molar-refractivity contribution in [2.45, 2.75) is 32.9 Å². The number of hydrogen-bond donors (Lipinski definition) is 3. The molecule has 0 saturated carbocycles. The third kappa shape index (κ3) is 5.68. The number of benzene rings is 1. The number of amides is 1. The highest BCUT2D eigenvalue weighted by molar-refractivity contribution is 6.02. The van der Waals surface area contributed by atoms with Gasteiger partial charge < -0.3 is 25.0 Å². The predicted molar refractivity (Wildman–Crippen MR) is 90.3 cm³/mol. The molecule has 7 heteroatoms. The summed E-state index contributed by atoms with van der Waals surface area (Å²) in [6.07, 6.45) is -0.582. The molecule has 1 aromatic heterocycles. The van der Waals surface area contributed by atoms with Gasteiger partial charge >= 0.3 is 0 Å². The first-order valence-corrected chi connectivity index (χ1v) is 7.83. The fourth-order valence-electron chi connectivity index (χ4n) is 1.92. The Balaban J connectivity index is 1.81. The molecule has 0 spiro atoms. The zero-order chi connectivity index (χ0) is 17.5. The fourth-order valence-corrected chi connectivity index (χ4v) is 1.92. The van der Waals surface area contributed by atoms with Crippen molar-refractivity contribution in [3.05, 3.63) is 41.8 Å². The number of carbonyl (C=O) groups excluding carboxylic acids is 1. The summed E-state index contributed by atoms with van der Waals surface area (Å²) in [4.78, 5) is 11.9. The van der Waals surface area contributed by atoms with Gasteiger partial charge in [0, 0.05) is 24.3 Å². The van der Waals surface area contributed by atoms with E-state index in [9.17, 15) is 9.90 Å². The Morgan fingerprint density at radius 3 is 2.62 bits per heavy atom. The molecule has 1 unspecified atom stereocenters. The Hall–Kier alpha value is -2.38. The molecule has 24 heavy (non-hydrogen) atoms. The summed E-state index contributed by atoms with van der Waals surface area (Å²) in [5.41, 5.74) is 1.26. The minimum atomic E-state index is -0.582. The molecule has 0 aliphatic rings. The number of aryl methyl sites for hydroxylation is 1. The van der Waals surface area contributed by atoms with Gasteiger partial charge in [0.15, 0.2) is 0 Å². The zero-order valence-corrected chi connectivity index (χ0v) is 14.1. The summed E-state index contributed by atoms with van der Waals surface area (Å²) in [6.45, 7) is 6.45. The van der Waals surface area contributed by atoms with Crippen LogP contribution in [0.1, 0.15) is 30.1 Å². The van der Waals surface area contributed by atoms with E-state index in [4.69, 9.17) is 9.26 Å². The van der Waals surface area contributed by atoms with Crippen LogP contribution in [0.15, 0.2) is 34.9 Å². The largest absolute Gasteiger partial charge is 0.491 e. The van der Waals surface area contributed by atoms with E-state index in [1.807, 2.05) is 13.8 Å². The maximum absolute atomic E-state index is 11.9. The van der Waals surface area contributed by atoms with E-state index in [0.717, 1.165) is 0 Å². The van der Waals surface area contributed by atoms with E-state index in [-0.39, 0.29) is 18.3 Å². The summed E-state index contributed by atoms with van der Waals surface area (Å²) < 4.78 is 10.4. The summed E-state index contributed by atoms with van der Waals surface area (Å²) in [6, 6.07) is 8.77. The van der Waals surface area contributed by atoms with E-state index in [1.54, 1.807) is 37.3 Å². The number of nitrogens with zero attached hydrogens (tertiary/aromatic N) is 1. The molecule has 1 heterocycles. The molecule has 3 N–H and O–H groups in total. The van der Waals surface area contributed by atoms with Crippen LogP contribution >= 0.6 is 0 Å². The van der Waals surface area contributed by atoms with Crippen molar-refractivity contribution < 1.29 is 19.2 Å². The van der Waals surface area contributed by atoms with E-state index in [0.29, 0.717) is 29.7 Å². The first-order valence-electron chi connectivity index (χ1n) is 7.83. The highest BCUT2D eigenvalue weighted by Crippen LogP contribution is 2.17. The smallest absolute Gasteiger partial charge is 0.294 e. The first-order chi connectivity index (χ1) is 11.4. The van der Waals surface area contributed by atoms with Crippen LogP contribution < -0.4 is 15.4 Å². The average molecular weight is 333 g/mol. The molecule has 0 fully saturated rings. The maximum atomic E-state index is 11.9. The lowest BCUT2D eigenvalue weighted by Gasteiger charge is -2.15. The van der Waals surface area contributed by atoms with Gasteiger partial charge in [0.2, 0.25) is 5.76 Å². The van der Waals surface area contributed by atoms with Crippen molar-refractivity contribution in [2.75, 3.05) is 18.5 Å². The van der Waals surface area contributed by atoms with Gasteiger partial charge in [-0.2, -0.15) is 0 Å². The second-order valence-electron chi connectivity index (χ2n) is 5.84. The van der Waals surface area contributed by atoms with Crippen LogP contribution in [-0.4, -0.2) is 41.5 Å². The second kappa shape index (κ2) is 8.47. The van der Waals surface area contributed by atoms with E-state index < -0.39 is 6.10 Å². The third-order valence-electron chi connectivity index (χ3n) is 3.17. The van der Waals surface area contributed by atoms with Gasteiger partial charge in [0.05, 0.1) is 5.69 Å². The van der Waals surface area contributed by atoms with Gasteiger partial charge in [-0.25, -0.2) is 0 Å². The lowest BCUT2D eigenvalue weighted by atomic mass is 10.3. The molecule has 0 radical (unpaired) electrons. The lowest BCUT2D eigenvalue weighted by Crippen LogP contribution is -2.35. The Morgan fingerprint density at radius 1 is 1.33 bits per heavy atom. The fraction of sp³-hybridized carbons (Fsp3) is 0.412. The molecule has 0 bridgehead atoms. The van der Waals surface area contributed by atoms with Crippen molar-refractivity contribution in [1.29, 1.82) is 0 Å². The van der Waals surface area contributed by atoms with Crippen LogP contribution in [-0.2, 0) is 0 Å². The first kappa shape index (κ1) is 18.0. The van der Waals surface area contributed by atoms with E-state index in [1.165, 1.54) is 0 Å². The number of aromatic nitrogens is 1. The number of aliphatic hydroxyl groups excluding tert-OH is 1. The van der Waals surface area contributed by atoms with Crippen LogP contribution in [0.2, 0.25) is 0 Å². The summed E-state index contributed by atoms with van der Waals surface area (Å²) in [5.74, 6) is 0.417. The topological polar surface area (TPSA) is 96.6 Å². The SMILES string of the molecule is Cc1cc(C(=O)Nc2ccc(OCC(O)CNC(C)C)cc2)on1. The van der Waals surface area contributed by atoms with Gasteiger partial charge in [-0.05, 0) is 31.2 Å². The lowest BCUT2D eigenvalue weighted by molar-refractivity contribution is 0.0988. The molecule has 0 saturated heterocycles. The number of aliphatic hydroxyl groups is 1. The van der Waals surface area contributed by atoms with Gasteiger partial charge in [-0.1, -0.05) is 19.0 Å². The molecular formula is C17H23N3O4. The van der Waals surface area contributed by atoms with E-state index in [2.05, 4.69) is 15.8 Å². The highest BCUT2D eigenvalue weighted by atomic mass is 16.5. The molecule has 2 rings (SSSR count). The van der Waals surface area contributed by atoms with E-state index >= 15 is 0 Å². The zero-order valence-electron chi connectivity index (χ0n) is 14.1. The number of nitrogens with one attached hydrogen (secondary N) is 2. The van der Waals surface area contributed by atoms with Gasteiger partial charge in [0.25, 0.3) is 5.91 Å².